The first-order chi connectivity index (χ1) is 14.0. The normalized spacial score (nSPS) is 13.9. The fourth-order valence-corrected chi connectivity index (χ4v) is 2.61. The number of ether oxygens (including phenoxy) is 1. The van der Waals surface area contributed by atoms with Gasteiger partial charge in [-0.25, -0.2) is 4.68 Å². The smallest absolute Gasteiger partial charge is 0.421 e. The summed E-state index contributed by atoms with van der Waals surface area (Å²) in [6.45, 7) is -3.95. The van der Waals surface area contributed by atoms with Crippen molar-refractivity contribution in [2.24, 2.45) is 0 Å². The largest absolute Gasteiger partial charge is 0.435 e. The van der Waals surface area contributed by atoms with E-state index in [0.717, 1.165) is 24.3 Å². The van der Waals surface area contributed by atoms with E-state index in [1.54, 1.807) is 0 Å². The van der Waals surface area contributed by atoms with Crippen LogP contribution in [0.15, 0.2) is 35.1 Å². The van der Waals surface area contributed by atoms with E-state index < -0.39 is 42.3 Å². The third kappa shape index (κ3) is 5.19. The number of halogens is 5. The number of nitrogens with zero attached hydrogens (tertiary/aromatic N) is 2. The zero-order valence-electron chi connectivity index (χ0n) is 15.1. The van der Waals surface area contributed by atoms with Crippen molar-refractivity contribution < 1.29 is 36.3 Å². The number of carbonyl (C=O) groups is 2. The monoisotopic (exact) mass is 431 g/mol. The molecule has 0 atom stereocenters. The number of rotatable bonds is 6. The molecule has 7 nitrogen and oxygen atoms in total. The molecule has 1 aromatic heterocycles. The maximum absolute atomic E-state index is 13.1. The minimum Gasteiger partial charge on any atom is -0.435 e. The number of alkyl halides is 5. The highest BCUT2D eigenvalue weighted by Crippen LogP contribution is 2.40. The Kier molecular flexibility index (Phi) is 5.85. The van der Waals surface area contributed by atoms with Crippen molar-refractivity contribution in [2.75, 3.05) is 0 Å². The highest BCUT2D eigenvalue weighted by Gasteiger charge is 2.37. The number of aromatic nitrogens is 2. The number of carbonyl (C=O) groups excluding carboxylic acids is 2. The average molecular weight is 431 g/mol. The van der Waals surface area contributed by atoms with Crippen molar-refractivity contribution in [3.63, 3.8) is 0 Å². The predicted octanol–water partition coefficient (Wildman–Crippen LogP) is 2.70. The molecule has 1 heterocycles. The van der Waals surface area contributed by atoms with Gasteiger partial charge in [-0.15, -0.1) is 0 Å². The zero-order valence-corrected chi connectivity index (χ0v) is 15.1. The molecule has 160 valence electrons. The Balaban J connectivity index is 1.73. The molecule has 0 saturated heterocycles. The lowest BCUT2D eigenvalue weighted by Crippen LogP contribution is -2.39. The van der Waals surface area contributed by atoms with Crippen LogP contribution in [0.2, 0.25) is 0 Å². The summed E-state index contributed by atoms with van der Waals surface area (Å²) in [5, 5.41) is 5.72. The van der Waals surface area contributed by atoms with Gasteiger partial charge in [-0.05, 0) is 43.2 Å². The lowest BCUT2D eigenvalue weighted by atomic mass is 10.2. The highest BCUT2D eigenvalue weighted by molar-refractivity contribution is 6.04. The fourth-order valence-electron chi connectivity index (χ4n) is 2.61. The second kappa shape index (κ2) is 8.20. The van der Waals surface area contributed by atoms with Gasteiger partial charge in [0.25, 0.3) is 11.5 Å². The average Bonchev–Trinajstić information content (AvgIpc) is 3.47. The standard InChI is InChI=1S/C18H14F5N3O4/c19-17(20)30-11-5-3-10(4-6-11)15(28)24-14(27)8-26-16(29)12(18(21,22)23)7-13(25-26)9-1-2-9/h3-7,9,17H,1-2,8H2,(H,24,27,28). The summed E-state index contributed by atoms with van der Waals surface area (Å²) in [7, 11) is 0. The van der Waals surface area contributed by atoms with Gasteiger partial charge in [-0.1, -0.05) is 0 Å². The van der Waals surface area contributed by atoms with Gasteiger partial charge in [-0.3, -0.25) is 19.7 Å². The van der Waals surface area contributed by atoms with Gasteiger partial charge < -0.3 is 4.74 Å². The van der Waals surface area contributed by atoms with Crippen molar-refractivity contribution in [3.05, 3.63) is 57.5 Å². The third-order valence-electron chi connectivity index (χ3n) is 4.18. The van der Waals surface area contributed by atoms with Gasteiger partial charge in [0.15, 0.2) is 0 Å². The highest BCUT2D eigenvalue weighted by atomic mass is 19.4. The van der Waals surface area contributed by atoms with E-state index in [0.29, 0.717) is 23.6 Å². The van der Waals surface area contributed by atoms with Gasteiger partial charge in [0.2, 0.25) is 5.91 Å². The lowest BCUT2D eigenvalue weighted by molar-refractivity contribution is -0.139. The first-order valence-corrected chi connectivity index (χ1v) is 8.63. The molecule has 0 unspecified atom stereocenters. The maximum atomic E-state index is 13.1. The summed E-state index contributed by atoms with van der Waals surface area (Å²) < 4.78 is 68.1. The molecule has 2 aromatic rings. The van der Waals surface area contributed by atoms with Crippen LogP contribution in [0.25, 0.3) is 0 Å². The van der Waals surface area contributed by atoms with Crippen LogP contribution in [-0.4, -0.2) is 28.2 Å². The van der Waals surface area contributed by atoms with Gasteiger partial charge in [0.1, 0.15) is 17.9 Å². The van der Waals surface area contributed by atoms with E-state index >= 15 is 0 Å². The van der Waals surface area contributed by atoms with Crippen molar-refractivity contribution in [3.8, 4) is 5.75 Å². The number of imide groups is 1. The minimum absolute atomic E-state index is 0.0515. The van der Waals surface area contributed by atoms with E-state index in [4.69, 9.17) is 0 Å². The van der Waals surface area contributed by atoms with E-state index in [9.17, 15) is 36.3 Å². The van der Waals surface area contributed by atoms with Crippen LogP contribution in [-0.2, 0) is 17.5 Å². The second-order valence-corrected chi connectivity index (χ2v) is 6.50. The van der Waals surface area contributed by atoms with Crippen molar-refractivity contribution >= 4 is 11.8 Å². The second-order valence-electron chi connectivity index (χ2n) is 6.50. The van der Waals surface area contributed by atoms with E-state index in [1.807, 2.05) is 5.32 Å². The zero-order chi connectivity index (χ0) is 22.1. The number of amides is 2. The molecule has 1 aliphatic carbocycles. The molecular weight excluding hydrogens is 417 g/mol. The van der Waals surface area contributed by atoms with Gasteiger partial charge in [0.05, 0.1) is 5.69 Å². The summed E-state index contributed by atoms with van der Waals surface area (Å²) in [6.07, 6.45) is -3.67. The Bertz CT molecular complexity index is 1010. The topological polar surface area (TPSA) is 90.3 Å². The van der Waals surface area contributed by atoms with E-state index in [1.165, 1.54) is 0 Å². The van der Waals surface area contributed by atoms with E-state index in [-0.39, 0.29) is 22.9 Å². The van der Waals surface area contributed by atoms with E-state index in [2.05, 4.69) is 9.84 Å². The summed E-state index contributed by atoms with van der Waals surface area (Å²) in [6, 6.07) is 5.06. The molecule has 1 fully saturated rings. The Morgan fingerprint density at radius 2 is 1.83 bits per heavy atom. The first-order valence-electron chi connectivity index (χ1n) is 8.63. The number of nitrogens with one attached hydrogen (secondary N) is 1. The molecule has 0 radical (unpaired) electrons. The van der Waals surface area contributed by atoms with Crippen LogP contribution >= 0.6 is 0 Å². The molecule has 0 spiro atoms. The molecule has 2 amide bonds. The SMILES string of the molecule is O=C(Cn1nc(C2CC2)cc(C(F)(F)F)c1=O)NC(=O)c1ccc(OC(F)F)cc1. The Morgan fingerprint density at radius 3 is 2.37 bits per heavy atom. The van der Waals surface area contributed by atoms with Crippen LogP contribution in [0, 0.1) is 0 Å². The Labute approximate surface area is 165 Å². The molecule has 1 saturated carbocycles. The molecule has 0 aliphatic heterocycles. The predicted molar refractivity (Wildman–Crippen MR) is 91.0 cm³/mol. The minimum atomic E-state index is -4.92. The van der Waals surface area contributed by atoms with Gasteiger partial charge >= 0.3 is 12.8 Å². The van der Waals surface area contributed by atoms with Gasteiger partial charge in [0, 0.05) is 11.5 Å². The summed E-state index contributed by atoms with van der Waals surface area (Å²) in [5.74, 6) is -2.42. The molecule has 12 heteroatoms. The van der Waals surface area contributed by atoms with Crippen molar-refractivity contribution in [2.45, 2.75) is 38.1 Å². The van der Waals surface area contributed by atoms with Crippen molar-refractivity contribution in [1.29, 1.82) is 0 Å². The molecule has 1 N–H and O–H groups in total. The number of hydrogen-bond acceptors (Lipinski definition) is 5. The summed E-state index contributed by atoms with van der Waals surface area (Å²) in [5.41, 5.74) is -2.97. The third-order valence-corrected chi connectivity index (χ3v) is 4.18. The first kappa shape index (κ1) is 21.4. The number of benzene rings is 1. The molecule has 1 aliphatic rings. The van der Waals surface area contributed by atoms with Crippen LogP contribution in [0.3, 0.4) is 0 Å². The van der Waals surface area contributed by atoms with Crippen LogP contribution in [0.5, 0.6) is 5.75 Å². The van der Waals surface area contributed by atoms with Gasteiger partial charge in [-0.2, -0.15) is 27.1 Å². The Morgan fingerprint density at radius 1 is 1.20 bits per heavy atom. The van der Waals surface area contributed by atoms with Crippen molar-refractivity contribution in [1.82, 2.24) is 15.1 Å². The maximum Gasteiger partial charge on any atom is 0.421 e. The molecule has 3 rings (SSSR count). The molecule has 1 aromatic carbocycles. The van der Waals surface area contributed by atoms with Crippen LogP contribution in [0.4, 0.5) is 22.0 Å². The molecular formula is C18H14F5N3O4. The molecule has 30 heavy (non-hydrogen) atoms. The quantitative estimate of drug-likeness (QED) is 0.711. The lowest BCUT2D eigenvalue weighted by Gasteiger charge is -2.12. The Hall–Kier alpha value is -3.31. The van der Waals surface area contributed by atoms with Crippen LogP contribution < -0.4 is 15.6 Å². The van der Waals surface area contributed by atoms with Crippen LogP contribution in [0.1, 0.15) is 40.4 Å². The molecule has 0 bridgehead atoms. The summed E-state index contributed by atoms with van der Waals surface area (Å²) in [4.78, 5) is 36.2. The fraction of sp³-hybridized carbons (Fsp3) is 0.333. The number of hydrogen-bond donors (Lipinski definition) is 1. The summed E-state index contributed by atoms with van der Waals surface area (Å²) >= 11 is 0.